The van der Waals surface area contributed by atoms with Crippen molar-refractivity contribution >= 4 is 11.6 Å². The standard InChI is InChI=1S/C21H21N7O2/c1-15(2)28-20(24-25-26-28)13-30-19-5-3-4-16(12-19)21(29)23-17-6-8-18(9-7-17)27-11-10-22-14-27/h3-12,14-15H,13H2,1-2H3,(H,23,29). The fourth-order valence-electron chi connectivity index (χ4n) is 2.92. The molecule has 152 valence electrons. The third kappa shape index (κ3) is 4.35. The molecule has 0 saturated heterocycles. The van der Waals surface area contributed by atoms with Crippen molar-refractivity contribution < 1.29 is 9.53 Å². The third-order valence-electron chi connectivity index (χ3n) is 4.44. The number of amides is 1. The van der Waals surface area contributed by atoms with E-state index in [-0.39, 0.29) is 18.6 Å². The van der Waals surface area contributed by atoms with Crippen LogP contribution in [-0.2, 0) is 6.61 Å². The quantitative estimate of drug-likeness (QED) is 0.508. The molecule has 30 heavy (non-hydrogen) atoms. The van der Waals surface area contributed by atoms with E-state index in [1.165, 1.54) is 0 Å². The van der Waals surface area contributed by atoms with Gasteiger partial charge in [-0.25, -0.2) is 9.67 Å². The Kier molecular flexibility index (Phi) is 5.51. The van der Waals surface area contributed by atoms with Gasteiger partial charge in [0.15, 0.2) is 5.82 Å². The maximum Gasteiger partial charge on any atom is 0.255 e. The average Bonchev–Trinajstić information content (AvgIpc) is 3.45. The largest absolute Gasteiger partial charge is 0.486 e. The Bertz CT molecular complexity index is 1120. The highest BCUT2D eigenvalue weighted by Gasteiger charge is 2.11. The summed E-state index contributed by atoms with van der Waals surface area (Å²) >= 11 is 0. The van der Waals surface area contributed by atoms with Gasteiger partial charge in [0.05, 0.1) is 12.4 Å². The summed E-state index contributed by atoms with van der Waals surface area (Å²) < 4.78 is 9.38. The van der Waals surface area contributed by atoms with Crippen LogP contribution >= 0.6 is 0 Å². The number of tetrazole rings is 1. The van der Waals surface area contributed by atoms with Crippen molar-refractivity contribution in [3.63, 3.8) is 0 Å². The van der Waals surface area contributed by atoms with Crippen molar-refractivity contribution in [3.8, 4) is 11.4 Å². The van der Waals surface area contributed by atoms with Crippen LogP contribution in [-0.4, -0.2) is 35.7 Å². The fraction of sp³-hybridized carbons (Fsp3) is 0.190. The Morgan fingerprint density at radius 3 is 2.73 bits per heavy atom. The molecule has 0 bridgehead atoms. The second kappa shape index (κ2) is 8.56. The lowest BCUT2D eigenvalue weighted by Crippen LogP contribution is -2.13. The van der Waals surface area contributed by atoms with Crippen LogP contribution < -0.4 is 10.1 Å². The molecule has 0 atom stereocenters. The highest BCUT2D eigenvalue weighted by molar-refractivity contribution is 6.04. The molecule has 1 amide bonds. The number of hydrogen-bond acceptors (Lipinski definition) is 6. The number of benzene rings is 2. The average molecular weight is 403 g/mol. The normalized spacial score (nSPS) is 10.9. The molecule has 0 unspecified atom stereocenters. The molecule has 4 rings (SSSR count). The number of imidazole rings is 1. The predicted molar refractivity (Wildman–Crippen MR) is 110 cm³/mol. The number of ether oxygens (including phenoxy) is 1. The van der Waals surface area contributed by atoms with Gasteiger partial charge in [-0.15, -0.1) is 5.10 Å². The van der Waals surface area contributed by atoms with E-state index in [4.69, 9.17) is 4.74 Å². The van der Waals surface area contributed by atoms with Gasteiger partial charge in [-0.2, -0.15) is 0 Å². The number of nitrogens with zero attached hydrogens (tertiary/aromatic N) is 6. The van der Waals surface area contributed by atoms with E-state index in [1.54, 1.807) is 41.5 Å². The van der Waals surface area contributed by atoms with Crippen molar-refractivity contribution in [1.29, 1.82) is 0 Å². The zero-order valence-electron chi connectivity index (χ0n) is 16.6. The molecule has 0 saturated carbocycles. The summed E-state index contributed by atoms with van der Waals surface area (Å²) in [7, 11) is 0. The second-order valence-corrected chi connectivity index (χ2v) is 6.92. The van der Waals surface area contributed by atoms with Crippen LogP contribution in [0.4, 0.5) is 5.69 Å². The molecule has 2 heterocycles. The monoisotopic (exact) mass is 403 g/mol. The van der Waals surface area contributed by atoms with Gasteiger partial charge in [-0.05, 0) is 66.7 Å². The van der Waals surface area contributed by atoms with Crippen molar-refractivity contribution in [3.05, 3.63) is 78.6 Å². The smallest absolute Gasteiger partial charge is 0.255 e. The lowest BCUT2D eigenvalue weighted by Gasteiger charge is -2.10. The Morgan fingerprint density at radius 2 is 2.00 bits per heavy atom. The van der Waals surface area contributed by atoms with Gasteiger partial charge in [0.2, 0.25) is 0 Å². The van der Waals surface area contributed by atoms with Gasteiger partial charge >= 0.3 is 0 Å². The van der Waals surface area contributed by atoms with Gasteiger partial charge < -0.3 is 14.6 Å². The first-order valence-corrected chi connectivity index (χ1v) is 9.49. The van der Waals surface area contributed by atoms with E-state index < -0.39 is 0 Å². The minimum atomic E-state index is -0.220. The molecule has 2 aromatic carbocycles. The summed E-state index contributed by atoms with van der Waals surface area (Å²) in [4.78, 5) is 16.7. The van der Waals surface area contributed by atoms with Crippen LogP contribution in [0.1, 0.15) is 36.1 Å². The molecule has 0 aliphatic heterocycles. The molecule has 4 aromatic rings. The van der Waals surface area contributed by atoms with Gasteiger partial charge in [-0.1, -0.05) is 6.07 Å². The Balaban J connectivity index is 1.40. The third-order valence-corrected chi connectivity index (χ3v) is 4.44. The maximum absolute atomic E-state index is 12.6. The Morgan fingerprint density at radius 1 is 1.17 bits per heavy atom. The van der Waals surface area contributed by atoms with Crippen LogP contribution in [0.15, 0.2) is 67.3 Å². The highest BCUT2D eigenvalue weighted by atomic mass is 16.5. The summed E-state index contributed by atoms with van der Waals surface area (Å²) in [5, 5.41) is 14.5. The van der Waals surface area contributed by atoms with E-state index >= 15 is 0 Å². The first kappa shape index (κ1) is 19.3. The number of carbonyl (C=O) groups excluding carboxylic acids is 1. The highest BCUT2D eigenvalue weighted by Crippen LogP contribution is 2.18. The molecular formula is C21H21N7O2. The zero-order valence-corrected chi connectivity index (χ0v) is 16.6. The number of rotatable bonds is 7. The summed E-state index contributed by atoms with van der Waals surface area (Å²) in [6.07, 6.45) is 5.30. The topological polar surface area (TPSA) is 99.8 Å². The minimum absolute atomic E-state index is 0.135. The Labute approximate surface area is 173 Å². The van der Waals surface area contributed by atoms with Gasteiger partial charge in [0.25, 0.3) is 5.91 Å². The zero-order chi connectivity index (χ0) is 20.9. The van der Waals surface area contributed by atoms with E-state index in [0.717, 1.165) is 5.69 Å². The predicted octanol–water partition coefficient (Wildman–Crippen LogP) is 3.27. The molecule has 0 fully saturated rings. The molecule has 1 N–H and O–H groups in total. The molecule has 0 radical (unpaired) electrons. The lowest BCUT2D eigenvalue weighted by molar-refractivity contribution is 0.102. The molecular weight excluding hydrogens is 382 g/mol. The van der Waals surface area contributed by atoms with Crippen molar-refractivity contribution in [2.45, 2.75) is 26.5 Å². The van der Waals surface area contributed by atoms with E-state index in [2.05, 4.69) is 25.8 Å². The van der Waals surface area contributed by atoms with Crippen LogP contribution in [0.25, 0.3) is 5.69 Å². The number of carbonyl (C=O) groups is 1. The summed E-state index contributed by atoms with van der Waals surface area (Å²) in [5.41, 5.74) is 2.16. The number of nitrogens with one attached hydrogen (secondary N) is 1. The maximum atomic E-state index is 12.6. The van der Waals surface area contributed by atoms with E-state index in [0.29, 0.717) is 22.8 Å². The van der Waals surface area contributed by atoms with E-state index in [1.807, 2.05) is 48.9 Å². The van der Waals surface area contributed by atoms with Crippen LogP contribution in [0.2, 0.25) is 0 Å². The van der Waals surface area contributed by atoms with Crippen molar-refractivity contribution in [2.75, 3.05) is 5.32 Å². The number of aromatic nitrogens is 6. The van der Waals surface area contributed by atoms with Crippen molar-refractivity contribution in [1.82, 2.24) is 29.8 Å². The van der Waals surface area contributed by atoms with Gasteiger partial charge in [0.1, 0.15) is 12.4 Å². The summed E-state index contributed by atoms with van der Waals surface area (Å²) in [5.74, 6) is 0.970. The Hall–Kier alpha value is -4.01. The van der Waals surface area contributed by atoms with E-state index in [9.17, 15) is 4.79 Å². The first-order chi connectivity index (χ1) is 14.6. The summed E-state index contributed by atoms with van der Waals surface area (Å²) in [6.45, 7) is 4.20. The molecule has 0 aliphatic rings. The summed E-state index contributed by atoms with van der Waals surface area (Å²) in [6, 6.07) is 14.7. The van der Waals surface area contributed by atoms with Crippen LogP contribution in [0, 0.1) is 0 Å². The fourth-order valence-corrected chi connectivity index (χ4v) is 2.92. The van der Waals surface area contributed by atoms with Gasteiger partial charge in [-0.3, -0.25) is 4.79 Å². The minimum Gasteiger partial charge on any atom is -0.486 e. The van der Waals surface area contributed by atoms with Crippen LogP contribution in [0.5, 0.6) is 5.75 Å². The lowest BCUT2D eigenvalue weighted by atomic mass is 10.2. The van der Waals surface area contributed by atoms with Gasteiger partial charge in [0, 0.05) is 29.3 Å². The molecule has 9 nitrogen and oxygen atoms in total. The second-order valence-electron chi connectivity index (χ2n) is 6.92. The van der Waals surface area contributed by atoms with Crippen molar-refractivity contribution in [2.24, 2.45) is 0 Å². The van der Waals surface area contributed by atoms with Crippen LogP contribution in [0.3, 0.4) is 0 Å². The molecule has 0 aliphatic carbocycles. The SMILES string of the molecule is CC(C)n1nnnc1COc1cccc(C(=O)Nc2ccc(-n3ccnc3)cc2)c1. The molecule has 9 heteroatoms. The molecule has 0 spiro atoms. The first-order valence-electron chi connectivity index (χ1n) is 9.49. The number of anilines is 1. The molecule has 2 aromatic heterocycles. The number of hydrogen-bond donors (Lipinski definition) is 1.